The summed E-state index contributed by atoms with van der Waals surface area (Å²) in [7, 11) is 0. The summed E-state index contributed by atoms with van der Waals surface area (Å²) in [4.78, 5) is 30.3. The van der Waals surface area contributed by atoms with Crippen molar-refractivity contribution in [1.29, 1.82) is 0 Å². The molecule has 10 nitrogen and oxygen atoms in total. The molecule has 0 radical (unpaired) electrons. The number of aliphatic hydroxyl groups is 1. The van der Waals surface area contributed by atoms with Gasteiger partial charge in [-0.25, -0.2) is 23.5 Å². The lowest BCUT2D eigenvalue weighted by atomic mass is 10.1. The van der Waals surface area contributed by atoms with Crippen LogP contribution in [0.25, 0.3) is 17.1 Å². The van der Waals surface area contributed by atoms with Gasteiger partial charge in [0.1, 0.15) is 18.7 Å². The average molecular weight is 602 g/mol. The number of benzene rings is 3. The van der Waals surface area contributed by atoms with Gasteiger partial charge in [-0.3, -0.25) is 9.36 Å². The molecule has 1 amide bonds. The molecule has 2 N–H and O–H groups in total. The molecule has 0 saturated carbocycles. The highest BCUT2D eigenvalue weighted by atomic mass is 35.5. The molecule has 0 aliphatic rings. The van der Waals surface area contributed by atoms with Crippen molar-refractivity contribution in [3.63, 3.8) is 0 Å². The maximum Gasteiger partial charge on any atom is 0.416 e. The van der Waals surface area contributed by atoms with E-state index in [1.54, 1.807) is 24.3 Å². The molecule has 5 rings (SSSR count). The smallest absolute Gasteiger partial charge is 0.382 e. The van der Waals surface area contributed by atoms with Crippen LogP contribution in [0.15, 0.2) is 83.9 Å². The van der Waals surface area contributed by atoms with Crippen LogP contribution in [0.5, 0.6) is 0 Å². The molecule has 0 unspecified atom stereocenters. The molecule has 0 bridgehead atoms. The molecule has 3 aromatic carbocycles. The third-order valence-corrected chi connectivity index (χ3v) is 6.34. The Morgan fingerprint density at radius 2 is 1.69 bits per heavy atom. The van der Waals surface area contributed by atoms with E-state index in [0.717, 1.165) is 4.68 Å². The molecule has 0 saturated heterocycles. The molecule has 0 aliphatic heterocycles. The average Bonchev–Trinajstić information content (AvgIpc) is 3.55. The Labute approximate surface area is 239 Å². The lowest BCUT2D eigenvalue weighted by molar-refractivity contribution is -0.207. The third-order valence-electron chi connectivity index (χ3n) is 6.09. The highest BCUT2D eigenvalue weighted by Gasteiger charge is 2.39. The SMILES string of the molecule is O=C(Nc1ccc(F)cc1)c1ccccc1-n1cnc(Cn2nc(-c3ccc(Cl)cc3)n(C[C@H](O)C(F)(F)F)c2=O)n1. The summed E-state index contributed by atoms with van der Waals surface area (Å²) in [5.41, 5.74) is 0.287. The van der Waals surface area contributed by atoms with E-state index in [2.05, 4.69) is 20.5 Å². The summed E-state index contributed by atoms with van der Waals surface area (Å²) in [6.45, 7) is -1.41. The summed E-state index contributed by atoms with van der Waals surface area (Å²) in [6.07, 6.45) is -6.47. The van der Waals surface area contributed by atoms with E-state index in [-0.39, 0.29) is 23.8 Å². The van der Waals surface area contributed by atoms with E-state index < -0.39 is 36.2 Å². The molecular weight excluding hydrogens is 582 g/mol. The Balaban J connectivity index is 1.44. The Morgan fingerprint density at radius 3 is 2.38 bits per heavy atom. The van der Waals surface area contributed by atoms with Gasteiger partial charge in [0.15, 0.2) is 17.8 Å². The van der Waals surface area contributed by atoms with Crippen molar-refractivity contribution < 1.29 is 27.5 Å². The van der Waals surface area contributed by atoms with Gasteiger partial charge >= 0.3 is 11.9 Å². The van der Waals surface area contributed by atoms with Crippen LogP contribution in [0.3, 0.4) is 0 Å². The first kappa shape index (κ1) is 28.7. The van der Waals surface area contributed by atoms with E-state index in [9.17, 15) is 32.3 Å². The number of para-hydroxylation sites is 1. The lowest BCUT2D eigenvalue weighted by Gasteiger charge is -2.15. The number of hydrogen-bond donors (Lipinski definition) is 2. The van der Waals surface area contributed by atoms with Crippen molar-refractivity contribution >= 4 is 23.2 Å². The molecule has 5 aromatic rings. The number of halogens is 5. The highest BCUT2D eigenvalue weighted by Crippen LogP contribution is 2.24. The number of nitrogens with zero attached hydrogens (tertiary/aromatic N) is 6. The summed E-state index contributed by atoms with van der Waals surface area (Å²) >= 11 is 5.92. The molecule has 0 fully saturated rings. The van der Waals surface area contributed by atoms with Crippen LogP contribution >= 0.6 is 11.6 Å². The number of anilines is 1. The molecule has 1 atom stereocenters. The minimum atomic E-state index is -4.96. The Kier molecular flexibility index (Phi) is 7.91. The molecule has 2 heterocycles. The van der Waals surface area contributed by atoms with E-state index in [4.69, 9.17) is 11.6 Å². The zero-order valence-corrected chi connectivity index (χ0v) is 22.1. The number of aromatic nitrogens is 6. The summed E-state index contributed by atoms with van der Waals surface area (Å²) < 4.78 is 55.5. The van der Waals surface area contributed by atoms with Crippen molar-refractivity contribution in [3.05, 3.63) is 112 Å². The van der Waals surface area contributed by atoms with Crippen LogP contribution in [-0.2, 0) is 13.1 Å². The second-order valence-electron chi connectivity index (χ2n) is 9.02. The fourth-order valence-electron chi connectivity index (χ4n) is 4.01. The normalized spacial score (nSPS) is 12.3. The maximum absolute atomic E-state index is 13.2. The molecule has 0 aliphatic carbocycles. The fraction of sp³-hybridized carbons (Fsp3) is 0.148. The maximum atomic E-state index is 13.2. The fourth-order valence-corrected chi connectivity index (χ4v) is 4.14. The number of amides is 1. The molecule has 0 spiro atoms. The summed E-state index contributed by atoms with van der Waals surface area (Å²) in [6, 6.07) is 17.6. The number of rotatable bonds is 8. The standard InChI is InChI=1S/C27H20ClF4N7O3/c28-17-7-5-16(6-8-17)24-36-38(26(42)37(24)13-22(40)27(30,31)32)14-23-33-15-39(35-23)21-4-2-1-3-20(21)25(41)34-19-11-9-18(29)10-12-19/h1-12,15,22,40H,13-14H2,(H,34,41)/t22-/m0/s1. The van der Waals surface area contributed by atoms with E-state index in [1.165, 1.54) is 59.5 Å². The van der Waals surface area contributed by atoms with Crippen LogP contribution in [0, 0.1) is 5.82 Å². The van der Waals surface area contributed by atoms with Crippen LogP contribution in [0.4, 0.5) is 23.2 Å². The van der Waals surface area contributed by atoms with Gasteiger partial charge in [-0.1, -0.05) is 23.7 Å². The Morgan fingerprint density at radius 1 is 1.00 bits per heavy atom. The highest BCUT2D eigenvalue weighted by molar-refractivity contribution is 6.30. The van der Waals surface area contributed by atoms with Crippen LogP contribution < -0.4 is 11.0 Å². The van der Waals surface area contributed by atoms with E-state index >= 15 is 0 Å². The lowest BCUT2D eigenvalue weighted by Crippen LogP contribution is -2.37. The zero-order chi connectivity index (χ0) is 30.0. The third kappa shape index (κ3) is 6.24. The predicted molar refractivity (Wildman–Crippen MR) is 144 cm³/mol. The second-order valence-corrected chi connectivity index (χ2v) is 9.46. The monoisotopic (exact) mass is 601 g/mol. The van der Waals surface area contributed by atoms with Gasteiger partial charge in [0.25, 0.3) is 5.91 Å². The van der Waals surface area contributed by atoms with Crippen molar-refractivity contribution in [2.75, 3.05) is 5.32 Å². The molecule has 15 heteroatoms. The van der Waals surface area contributed by atoms with E-state index in [1.807, 2.05) is 0 Å². The van der Waals surface area contributed by atoms with Crippen molar-refractivity contribution in [2.45, 2.75) is 25.4 Å². The van der Waals surface area contributed by atoms with Crippen molar-refractivity contribution in [2.24, 2.45) is 0 Å². The zero-order valence-electron chi connectivity index (χ0n) is 21.3. The Bertz CT molecular complexity index is 1780. The van der Waals surface area contributed by atoms with Gasteiger partial charge in [-0.2, -0.15) is 13.2 Å². The number of carbonyl (C=O) groups excluding carboxylic acids is 1. The van der Waals surface area contributed by atoms with Gasteiger partial charge < -0.3 is 10.4 Å². The van der Waals surface area contributed by atoms with Crippen molar-refractivity contribution in [1.82, 2.24) is 29.1 Å². The van der Waals surface area contributed by atoms with Gasteiger partial charge in [-0.05, 0) is 60.7 Å². The van der Waals surface area contributed by atoms with Crippen LogP contribution in [0.1, 0.15) is 16.2 Å². The van der Waals surface area contributed by atoms with Gasteiger partial charge in [0, 0.05) is 16.3 Å². The molecular formula is C27H20ClF4N7O3. The number of alkyl halides is 3. The van der Waals surface area contributed by atoms with Gasteiger partial charge in [-0.15, -0.1) is 10.2 Å². The number of carbonyl (C=O) groups is 1. The minimum Gasteiger partial charge on any atom is -0.382 e. The van der Waals surface area contributed by atoms with Gasteiger partial charge in [0.2, 0.25) is 0 Å². The summed E-state index contributed by atoms with van der Waals surface area (Å²) in [5, 5.41) is 21.2. The molecule has 2 aromatic heterocycles. The topological polar surface area (TPSA) is 120 Å². The number of aliphatic hydroxyl groups excluding tert-OH is 1. The Hall–Kier alpha value is -4.82. The molecule has 216 valence electrons. The van der Waals surface area contributed by atoms with Crippen molar-refractivity contribution in [3.8, 4) is 17.1 Å². The van der Waals surface area contributed by atoms with Crippen LogP contribution in [0.2, 0.25) is 5.02 Å². The number of hydrogen-bond acceptors (Lipinski definition) is 6. The summed E-state index contributed by atoms with van der Waals surface area (Å²) in [5.74, 6) is -1.01. The first-order chi connectivity index (χ1) is 20.0. The first-order valence-electron chi connectivity index (χ1n) is 12.2. The predicted octanol–water partition coefficient (Wildman–Crippen LogP) is 4.31. The number of nitrogens with one attached hydrogen (secondary N) is 1. The van der Waals surface area contributed by atoms with E-state index in [0.29, 0.717) is 26.5 Å². The molecule has 42 heavy (non-hydrogen) atoms. The first-order valence-corrected chi connectivity index (χ1v) is 12.6. The quantitative estimate of drug-likeness (QED) is 0.256. The largest absolute Gasteiger partial charge is 0.416 e. The van der Waals surface area contributed by atoms with Crippen LogP contribution in [-0.4, -0.2) is 52.4 Å². The van der Waals surface area contributed by atoms with Gasteiger partial charge in [0.05, 0.1) is 17.8 Å². The second kappa shape index (κ2) is 11.6. The minimum absolute atomic E-state index is 0.0644.